The summed E-state index contributed by atoms with van der Waals surface area (Å²) in [6.07, 6.45) is -4.96. The quantitative estimate of drug-likeness (QED) is 0.898. The lowest BCUT2D eigenvalue weighted by Gasteiger charge is -2.12. The summed E-state index contributed by atoms with van der Waals surface area (Å²) >= 11 is 11.4. The standard InChI is InChI=1S/C10H5Cl2F3N4O2/c11-4-1-3(7-8(9(16)20)18-19-17-7)2-5(6(4)12)21-10(13,14)15/h1-2H,(H2,16,20)(H,17,18,19). The first-order valence-electron chi connectivity index (χ1n) is 5.15. The van der Waals surface area contributed by atoms with Crippen molar-refractivity contribution in [2.24, 2.45) is 5.73 Å². The second-order valence-corrected chi connectivity index (χ2v) is 4.49. The molecule has 0 unspecified atom stereocenters. The summed E-state index contributed by atoms with van der Waals surface area (Å²) in [6, 6.07) is 2.13. The van der Waals surface area contributed by atoms with E-state index in [-0.39, 0.29) is 22.0 Å². The minimum absolute atomic E-state index is 0.0335. The van der Waals surface area contributed by atoms with Crippen molar-refractivity contribution in [3.05, 3.63) is 27.9 Å². The fourth-order valence-electron chi connectivity index (χ4n) is 1.50. The molecule has 0 aliphatic rings. The van der Waals surface area contributed by atoms with Crippen LogP contribution in [0.2, 0.25) is 10.0 Å². The predicted octanol–water partition coefficient (Wildman–Crippen LogP) is 2.78. The number of nitrogens with two attached hydrogens (primary N) is 1. The van der Waals surface area contributed by atoms with Gasteiger partial charge in [0.2, 0.25) is 0 Å². The van der Waals surface area contributed by atoms with Crippen LogP contribution in [0.4, 0.5) is 13.2 Å². The van der Waals surface area contributed by atoms with Gasteiger partial charge in [-0.2, -0.15) is 15.4 Å². The fraction of sp³-hybridized carbons (Fsp3) is 0.100. The summed E-state index contributed by atoms with van der Waals surface area (Å²) in [6.45, 7) is 0. The zero-order chi connectivity index (χ0) is 15.8. The number of carbonyl (C=O) groups excluding carboxylic acids is 1. The average molecular weight is 341 g/mol. The number of nitrogens with one attached hydrogen (secondary N) is 1. The van der Waals surface area contributed by atoms with E-state index >= 15 is 0 Å². The highest BCUT2D eigenvalue weighted by Gasteiger charge is 2.33. The molecular formula is C10H5Cl2F3N4O2. The summed E-state index contributed by atoms with van der Waals surface area (Å²) in [5, 5.41) is 8.63. The number of alkyl halides is 3. The highest BCUT2D eigenvalue weighted by molar-refractivity contribution is 6.43. The van der Waals surface area contributed by atoms with Crippen molar-refractivity contribution >= 4 is 29.1 Å². The van der Waals surface area contributed by atoms with Gasteiger partial charge in [-0.05, 0) is 12.1 Å². The molecule has 0 fully saturated rings. The van der Waals surface area contributed by atoms with Crippen LogP contribution >= 0.6 is 23.2 Å². The Morgan fingerprint density at radius 2 is 1.95 bits per heavy atom. The van der Waals surface area contributed by atoms with Crippen LogP contribution in [0.1, 0.15) is 10.5 Å². The molecule has 21 heavy (non-hydrogen) atoms. The zero-order valence-corrected chi connectivity index (χ0v) is 11.3. The van der Waals surface area contributed by atoms with Crippen molar-refractivity contribution < 1.29 is 22.7 Å². The van der Waals surface area contributed by atoms with Crippen LogP contribution in [0, 0.1) is 0 Å². The van der Waals surface area contributed by atoms with Gasteiger partial charge in [0.1, 0.15) is 16.5 Å². The largest absolute Gasteiger partial charge is 0.573 e. The lowest BCUT2D eigenvalue weighted by atomic mass is 10.1. The number of aromatic amines is 1. The van der Waals surface area contributed by atoms with Crippen LogP contribution in [-0.4, -0.2) is 27.7 Å². The third-order valence-corrected chi connectivity index (χ3v) is 3.06. The third kappa shape index (κ3) is 3.37. The van der Waals surface area contributed by atoms with Crippen molar-refractivity contribution in [2.45, 2.75) is 6.36 Å². The van der Waals surface area contributed by atoms with E-state index in [1.54, 1.807) is 0 Å². The van der Waals surface area contributed by atoms with Gasteiger partial charge >= 0.3 is 6.36 Å². The molecular weight excluding hydrogens is 336 g/mol. The Morgan fingerprint density at radius 3 is 2.52 bits per heavy atom. The first-order chi connectivity index (χ1) is 9.69. The number of halogens is 5. The Balaban J connectivity index is 2.55. The summed E-state index contributed by atoms with van der Waals surface area (Å²) in [5.41, 5.74) is 4.77. The molecule has 1 heterocycles. The number of nitrogens with zero attached hydrogens (tertiary/aromatic N) is 2. The van der Waals surface area contributed by atoms with Gasteiger partial charge in [-0.3, -0.25) is 4.79 Å². The molecule has 0 saturated heterocycles. The van der Waals surface area contributed by atoms with Gasteiger partial charge in [-0.15, -0.1) is 13.2 Å². The molecule has 0 radical (unpaired) electrons. The number of benzene rings is 1. The van der Waals surface area contributed by atoms with E-state index in [1.807, 2.05) is 0 Å². The first-order valence-corrected chi connectivity index (χ1v) is 5.90. The second kappa shape index (κ2) is 5.41. The first kappa shape index (κ1) is 15.4. The maximum absolute atomic E-state index is 12.3. The van der Waals surface area contributed by atoms with E-state index in [9.17, 15) is 18.0 Å². The topological polar surface area (TPSA) is 93.9 Å². The molecule has 1 amide bonds. The van der Waals surface area contributed by atoms with Crippen LogP contribution in [-0.2, 0) is 0 Å². The Kier molecular flexibility index (Phi) is 3.97. The minimum atomic E-state index is -4.96. The van der Waals surface area contributed by atoms with Crippen molar-refractivity contribution in [2.75, 3.05) is 0 Å². The van der Waals surface area contributed by atoms with Crippen molar-refractivity contribution in [1.82, 2.24) is 15.4 Å². The van der Waals surface area contributed by atoms with E-state index in [0.717, 1.165) is 6.07 Å². The smallest absolute Gasteiger partial charge is 0.404 e. The van der Waals surface area contributed by atoms with E-state index in [4.69, 9.17) is 28.9 Å². The van der Waals surface area contributed by atoms with Gasteiger partial charge in [-0.25, -0.2) is 0 Å². The summed E-state index contributed by atoms with van der Waals surface area (Å²) in [4.78, 5) is 11.2. The number of amides is 1. The molecule has 0 saturated carbocycles. The zero-order valence-electron chi connectivity index (χ0n) is 9.83. The van der Waals surface area contributed by atoms with Gasteiger partial charge in [0.15, 0.2) is 5.69 Å². The fourth-order valence-corrected chi connectivity index (χ4v) is 1.86. The predicted molar refractivity (Wildman–Crippen MR) is 67.0 cm³/mol. The summed E-state index contributed by atoms with van der Waals surface area (Å²) < 4.78 is 40.7. The molecule has 3 N–H and O–H groups in total. The Bertz CT molecular complexity index is 702. The van der Waals surface area contributed by atoms with Gasteiger partial charge < -0.3 is 10.5 Å². The molecule has 11 heteroatoms. The van der Waals surface area contributed by atoms with Gasteiger partial charge in [-0.1, -0.05) is 23.2 Å². The van der Waals surface area contributed by atoms with Crippen LogP contribution in [0.15, 0.2) is 12.1 Å². The molecule has 0 bridgehead atoms. The van der Waals surface area contributed by atoms with E-state index in [0.29, 0.717) is 0 Å². The molecule has 0 aliphatic heterocycles. The molecule has 1 aromatic heterocycles. The maximum Gasteiger partial charge on any atom is 0.573 e. The normalized spacial score (nSPS) is 11.5. The lowest BCUT2D eigenvalue weighted by molar-refractivity contribution is -0.274. The molecule has 0 aliphatic carbocycles. The lowest BCUT2D eigenvalue weighted by Crippen LogP contribution is -2.17. The monoisotopic (exact) mass is 340 g/mol. The summed E-state index contributed by atoms with van der Waals surface area (Å²) in [5.74, 6) is -1.65. The highest BCUT2D eigenvalue weighted by Crippen LogP contribution is 2.39. The van der Waals surface area contributed by atoms with Crippen molar-refractivity contribution in [3.63, 3.8) is 0 Å². The molecule has 6 nitrogen and oxygen atoms in total. The summed E-state index contributed by atoms with van der Waals surface area (Å²) in [7, 11) is 0. The number of carbonyl (C=O) groups is 1. The molecule has 1 aromatic carbocycles. The Morgan fingerprint density at radius 1 is 1.29 bits per heavy atom. The number of rotatable bonds is 3. The van der Waals surface area contributed by atoms with Crippen LogP contribution in [0.5, 0.6) is 5.75 Å². The Labute approximate surface area is 125 Å². The highest BCUT2D eigenvalue weighted by atomic mass is 35.5. The van der Waals surface area contributed by atoms with Gasteiger partial charge in [0.05, 0.1) is 5.02 Å². The van der Waals surface area contributed by atoms with Crippen molar-refractivity contribution in [3.8, 4) is 17.0 Å². The number of primary amides is 1. The third-order valence-electron chi connectivity index (χ3n) is 2.28. The van der Waals surface area contributed by atoms with E-state index in [2.05, 4.69) is 20.1 Å². The van der Waals surface area contributed by atoms with Crippen molar-refractivity contribution in [1.29, 1.82) is 0 Å². The minimum Gasteiger partial charge on any atom is -0.404 e. The molecule has 2 aromatic rings. The molecule has 0 spiro atoms. The number of hydrogen-bond donors (Lipinski definition) is 2. The molecule has 0 atom stereocenters. The average Bonchev–Trinajstić information content (AvgIpc) is 2.82. The van der Waals surface area contributed by atoms with Crippen LogP contribution < -0.4 is 10.5 Å². The second-order valence-electron chi connectivity index (χ2n) is 3.70. The van der Waals surface area contributed by atoms with Gasteiger partial charge in [0, 0.05) is 5.56 Å². The van der Waals surface area contributed by atoms with E-state index in [1.165, 1.54) is 6.07 Å². The number of H-pyrrole nitrogens is 1. The number of ether oxygens (including phenoxy) is 1. The van der Waals surface area contributed by atoms with E-state index < -0.39 is 23.0 Å². The molecule has 112 valence electrons. The maximum atomic E-state index is 12.3. The van der Waals surface area contributed by atoms with Crippen LogP contribution in [0.3, 0.4) is 0 Å². The number of hydrogen-bond acceptors (Lipinski definition) is 4. The number of aromatic nitrogens is 3. The van der Waals surface area contributed by atoms with Crippen LogP contribution in [0.25, 0.3) is 11.3 Å². The Hall–Kier alpha value is -2.00. The SMILES string of the molecule is NC(=O)c1n[nH]nc1-c1cc(Cl)c(Cl)c(OC(F)(F)F)c1. The molecule has 2 rings (SSSR count). The van der Waals surface area contributed by atoms with Gasteiger partial charge in [0.25, 0.3) is 5.91 Å².